The summed E-state index contributed by atoms with van der Waals surface area (Å²) >= 11 is 1.46. The number of unbranched alkanes of at least 4 members (excludes halogenated alkanes) is 7. The van der Waals surface area contributed by atoms with Gasteiger partial charge in [0.15, 0.2) is 0 Å². The molecular formula is C15H28OS. The summed E-state index contributed by atoms with van der Waals surface area (Å²) in [6, 6.07) is 0. The van der Waals surface area contributed by atoms with E-state index in [9.17, 15) is 4.79 Å². The van der Waals surface area contributed by atoms with Gasteiger partial charge in [-0.1, -0.05) is 70.2 Å². The number of hydrogen-bond acceptors (Lipinski definition) is 2. The van der Waals surface area contributed by atoms with Crippen LogP contribution in [0.3, 0.4) is 0 Å². The Labute approximate surface area is 111 Å². The van der Waals surface area contributed by atoms with Gasteiger partial charge in [0.2, 0.25) is 5.12 Å². The standard InChI is InChI=1S/C15H28OS/c1-3-5-7-8-9-10-11-13-15(16)17-14-12-6-4-2/h11,13H,3-10,12,14H2,1-2H3/b13-11+. The van der Waals surface area contributed by atoms with Crippen LogP contribution in [0, 0.1) is 0 Å². The van der Waals surface area contributed by atoms with E-state index in [1.807, 2.05) is 6.08 Å². The van der Waals surface area contributed by atoms with Gasteiger partial charge in [-0.3, -0.25) is 4.79 Å². The zero-order valence-electron chi connectivity index (χ0n) is 11.5. The third-order valence-corrected chi connectivity index (χ3v) is 3.63. The maximum Gasteiger partial charge on any atom is 0.211 e. The predicted octanol–water partition coefficient (Wildman–Crippen LogP) is 5.35. The fraction of sp³-hybridized carbons (Fsp3) is 0.800. The van der Waals surface area contributed by atoms with Crippen LogP contribution in [0.1, 0.15) is 71.6 Å². The summed E-state index contributed by atoms with van der Waals surface area (Å²) in [5, 5.41) is 0.231. The molecule has 0 rings (SSSR count). The molecule has 0 saturated heterocycles. The Balaban J connectivity index is 3.28. The van der Waals surface area contributed by atoms with E-state index >= 15 is 0 Å². The molecule has 0 unspecified atom stereocenters. The smallest absolute Gasteiger partial charge is 0.211 e. The number of hydrogen-bond donors (Lipinski definition) is 0. The van der Waals surface area contributed by atoms with Crippen LogP contribution in [0.5, 0.6) is 0 Å². The van der Waals surface area contributed by atoms with Crippen LogP contribution >= 0.6 is 11.8 Å². The maximum atomic E-state index is 11.4. The van der Waals surface area contributed by atoms with Gasteiger partial charge in [0.1, 0.15) is 0 Å². The number of carbonyl (C=O) groups is 1. The molecule has 1 nitrogen and oxygen atoms in total. The Hall–Kier alpha value is -0.240. The fourth-order valence-corrected chi connectivity index (χ4v) is 2.36. The largest absolute Gasteiger partial charge is 0.282 e. The first-order valence-corrected chi connectivity index (χ1v) is 8.13. The fourth-order valence-electron chi connectivity index (χ4n) is 1.62. The summed E-state index contributed by atoms with van der Waals surface area (Å²) in [5.74, 6) is 0.980. The highest BCUT2D eigenvalue weighted by Gasteiger charge is 1.96. The minimum absolute atomic E-state index is 0.231. The first kappa shape index (κ1) is 16.8. The van der Waals surface area contributed by atoms with Gasteiger partial charge in [-0.2, -0.15) is 0 Å². The molecule has 0 atom stereocenters. The Morgan fingerprint density at radius 3 is 2.29 bits per heavy atom. The van der Waals surface area contributed by atoms with E-state index in [0.717, 1.165) is 18.6 Å². The van der Waals surface area contributed by atoms with E-state index in [1.165, 1.54) is 56.7 Å². The molecule has 0 bridgehead atoms. The zero-order chi connectivity index (χ0) is 12.8. The molecule has 0 amide bonds. The Morgan fingerprint density at radius 2 is 1.59 bits per heavy atom. The topological polar surface area (TPSA) is 17.1 Å². The van der Waals surface area contributed by atoms with Crippen LogP contribution in [-0.2, 0) is 4.79 Å². The van der Waals surface area contributed by atoms with Crippen molar-refractivity contribution in [2.24, 2.45) is 0 Å². The lowest BCUT2D eigenvalue weighted by atomic mass is 10.1. The van der Waals surface area contributed by atoms with Gasteiger partial charge < -0.3 is 0 Å². The van der Waals surface area contributed by atoms with Gasteiger partial charge in [0, 0.05) is 5.75 Å². The summed E-state index contributed by atoms with van der Waals surface area (Å²) in [4.78, 5) is 11.4. The van der Waals surface area contributed by atoms with Gasteiger partial charge in [0.25, 0.3) is 0 Å². The quantitative estimate of drug-likeness (QED) is 0.366. The highest BCUT2D eigenvalue weighted by atomic mass is 32.2. The van der Waals surface area contributed by atoms with Crippen molar-refractivity contribution in [3.05, 3.63) is 12.2 Å². The lowest BCUT2D eigenvalue weighted by Crippen LogP contribution is -1.88. The molecule has 0 aromatic carbocycles. The lowest BCUT2D eigenvalue weighted by Gasteiger charge is -1.97. The summed E-state index contributed by atoms with van der Waals surface area (Å²) in [6.45, 7) is 4.42. The zero-order valence-corrected chi connectivity index (χ0v) is 12.4. The second kappa shape index (κ2) is 13.8. The van der Waals surface area contributed by atoms with Gasteiger partial charge in [-0.15, -0.1) is 0 Å². The summed E-state index contributed by atoms with van der Waals surface area (Å²) in [7, 11) is 0. The van der Waals surface area contributed by atoms with Crippen LogP contribution < -0.4 is 0 Å². The van der Waals surface area contributed by atoms with Crippen molar-refractivity contribution in [1.29, 1.82) is 0 Å². The Kier molecular flexibility index (Phi) is 13.6. The molecule has 0 aromatic rings. The van der Waals surface area contributed by atoms with Gasteiger partial charge >= 0.3 is 0 Å². The molecule has 0 aliphatic heterocycles. The van der Waals surface area contributed by atoms with Gasteiger partial charge in [-0.25, -0.2) is 0 Å². The van der Waals surface area contributed by atoms with E-state index in [4.69, 9.17) is 0 Å². The summed E-state index contributed by atoms with van der Waals surface area (Å²) in [6.07, 6.45) is 15.0. The van der Waals surface area contributed by atoms with E-state index < -0.39 is 0 Å². The predicted molar refractivity (Wildman–Crippen MR) is 79.5 cm³/mol. The molecule has 100 valence electrons. The SMILES string of the molecule is CCCCCCC/C=C/C(=O)SCCCCC. The van der Waals surface area contributed by atoms with Crippen LogP contribution in [0.2, 0.25) is 0 Å². The Bertz CT molecular complexity index is 199. The molecule has 0 aliphatic carbocycles. The molecule has 17 heavy (non-hydrogen) atoms. The van der Waals surface area contributed by atoms with Gasteiger partial charge in [0.05, 0.1) is 0 Å². The normalized spacial score (nSPS) is 11.2. The molecule has 0 aromatic heterocycles. The molecule has 0 saturated carbocycles. The highest BCUT2D eigenvalue weighted by Crippen LogP contribution is 2.09. The second-order valence-electron chi connectivity index (χ2n) is 4.48. The lowest BCUT2D eigenvalue weighted by molar-refractivity contribution is -0.107. The van der Waals surface area contributed by atoms with E-state index in [-0.39, 0.29) is 5.12 Å². The van der Waals surface area contributed by atoms with Crippen molar-refractivity contribution in [2.45, 2.75) is 71.6 Å². The van der Waals surface area contributed by atoms with Crippen molar-refractivity contribution >= 4 is 16.9 Å². The third-order valence-electron chi connectivity index (χ3n) is 2.72. The Morgan fingerprint density at radius 1 is 0.941 bits per heavy atom. The van der Waals surface area contributed by atoms with E-state index in [1.54, 1.807) is 6.08 Å². The summed E-state index contributed by atoms with van der Waals surface area (Å²) in [5.41, 5.74) is 0. The second-order valence-corrected chi connectivity index (χ2v) is 5.58. The number of carbonyl (C=O) groups excluding carboxylic acids is 1. The van der Waals surface area contributed by atoms with Crippen LogP contribution in [0.4, 0.5) is 0 Å². The first-order chi connectivity index (χ1) is 8.31. The molecule has 0 heterocycles. The maximum absolute atomic E-state index is 11.4. The first-order valence-electron chi connectivity index (χ1n) is 7.14. The van der Waals surface area contributed by atoms with Crippen LogP contribution in [-0.4, -0.2) is 10.9 Å². The minimum atomic E-state index is 0.231. The molecule has 0 radical (unpaired) electrons. The monoisotopic (exact) mass is 256 g/mol. The molecule has 0 N–H and O–H groups in total. The highest BCUT2D eigenvalue weighted by molar-refractivity contribution is 8.14. The van der Waals surface area contributed by atoms with Crippen LogP contribution in [0.15, 0.2) is 12.2 Å². The third kappa shape index (κ3) is 13.7. The van der Waals surface area contributed by atoms with Gasteiger partial charge in [-0.05, 0) is 25.3 Å². The number of thioether (sulfide) groups is 1. The molecule has 0 aliphatic rings. The number of allylic oxidation sites excluding steroid dienone is 1. The molecule has 0 spiro atoms. The molecule has 2 heteroatoms. The average molecular weight is 256 g/mol. The van der Waals surface area contributed by atoms with Crippen molar-refractivity contribution < 1.29 is 4.79 Å². The van der Waals surface area contributed by atoms with Crippen molar-refractivity contribution in [3.63, 3.8) is 0 Å². The minimum Gasteiger partial charge on any atom is -0.282 e. The molecular weight excluding hydrogens is 228 g/mol. The molecule has 0 fully saturated rings. The van der Waals surface area contributed by atoms with Crippen molar-refractivity contribution in [2.75, 3.05) is 5.75 Å². The van der Waals surface area contributed by atoms with Crippen molar-refractivity contribution in [1.82, 2.24) is 0 Å². The van der Waals surface area contributed by atoms with E-state index in [2.05, 4.69) is 13.8 Å². The number of rotatable bonds is 11. The van der Waals surface area contributed by atoms with Crippen molar-refractivity contribution in [3.8, 4) is 0 Å². The average Bonchev–Trinajstić information content (AvgIpc) is 2.33. The van der Waals surface area contributed by atoms with E-state index in [0.29, 0.717) is 0 Å². The summed E-state index contributed by atoms with van der Waals surface area (Å²) < 4.78 is 0. The van der Waals surface area contributed by atoms with Crippen LogP contribution in [0.25, 0.3) is 0 Å².